The van der Waals surface area contributed by atoms with E-state index in [4.69, 9.17) is 4.74 Å². The van der Waals surface area contributed by atoms with E-state index in [1.807, 2.05) is 26.1 Å². The predicted octanol–water partition coefficient (Wildman–Crippen LogP) is 3.70. The molecule has 6 nitrogen and oxygen atoms in total. The van der Waals surface area contributed by atoms with Crippen LogP contribution in [0, 0.1) is 12.8 Å². The Morgan fingerprint density at radius 2 is 1.97 bits per heavy atom. The Kier molecular flexibility index (Phi) is 10.9. The number of aliphatic imine (C=N–C) groups is 1. The second kappa shape index (κ2) is 13.1. The van der Waals surface area contributed by atoms with Crippen molar-refractivity contribution >= 4 is 41.3 Å². The van der Waals surface area contributed by atoms with Gasteiger partial charge in [0.05, 0.1) is 17.8 Å². The molecule has 3 rings (SSSR count). The molecule has 0 bridgehead atoms. The number of rotatable bonds is 8. The van der Waals surface area contributed by atoms with E-state index >= 15 is 0 Å². The minimum Gasteiger partial charge on any atom is -0.497 e. The van der Waals surface area contributed by atoms with Crippen molar-refractivity contribution < 1.29 is 4.74 Å². The molecule has 30 heavy (non-hydrogen) atoms. The van der Waals surface area contributed by atoms with Gasteiger partial charge in [0.15, 0.2) is 5.96 Å². The average molecular weight is 544 g/mol. The van der Waals surface area contributed by atoms with Gasteiger partial charge in [-0.15, -0.1) is 35.3 Å². The summed E-state index contributed by atoms with van der Waals surface area (Å²) in [5.41, 5.74) is 2.50. The molecule has 1 aliphatic rings. The number of guanidine groups is 1. The zero-order chi connectivity index (χ0) is 20.5. The molecule has 2 N–H and O–H groups in total. The summed E-state index contributed by atoms with van der Waals surface area (Å²) in [6.45, 7) is 7.18. The maximum atomic E-state index is 5.24. The number of piperidine rings is 1. The van der Waals surface area contributed by atoms with Crippen LogP contribution >= 0.6 is 35.3 Å². The molecule has 0 amide bonds. The first kappa shape index (κ1) is 24.9. The average Bonchev–Trinajstić information content (AvgIpc) is 3.17. The van der Waals surface area contributed by atoms with Crippen molar-refractivity contribution in [3.05, 3.63) is 45.9 Å². The molecule has 8 heteroatoms. The summed E-state index contributed by atoms with van der Waals surface area (Å²) in [6.07, 6.45) is 3.37. The van der Waals surface area contributed by atoms with Crippen LogP contribution in [0.5, 0.6) is 5.75 Å². The van der Waals surface area contributed by atoms with Crippen LogP contribution < -0.4 is 15.4 Å². The second-order valence-corrected chi connectivity index (χ2v) is 8.62. The van der Waals surface area contributed by atoms with Gasteiger partial charge in [0, 0.05) is 38.5 Å². The van der Waals surface area contributed by atoms with E-state index in [-0.39, 0.29) is 24.0 Å². The maximum Gasteiger partial charge on any atom is 0.190 e. The minimum absolute atomic E-state index is 0. The van der Waals surface area contributed by atoms with Crippen LogP contribution in [0.2, 0.25) is 0 Å². The third-order valence-corrected chi connectivity index (χ3v) is 6.22. The highest BCUT2D eigenvalue weighted by atomic mass is 127. The first-order chi connectivity index (χ1) is 14.2. The number of thiazole rings is 1. The van der Waals surface area contributed by atoms with Gasteiger partial charge in [-0.2, -0.15) is 0 Å². The molecule has 0 saturated carbocycles. The van der Waals surface area contributed by atoms with Crippen molar-refractivity contribution in [2.45, 2.75) is 32.7 Å². The Bertz CT molecular complexity index is 772. The lowest BCUT2D eigenvalue weighted by Gasteiger charge is -2.32. The number of nitrogens with zero attached hydrogens (tertiary/aromatic N) is 3. The SMILES string of the molecule is CN=C(NCCc1csc(C)n1)NCC1CCN(Cc2ccc(OC)cc2)CC1.I. The van der Waals surface area contributed by atoms with Crippen molar-refractivity contribution in [3.8, 4) is 5.75 Å². The molecule has 0 spiro atoms. The standard InChI is InChI=1S/C22H33N5OS.HI/c1-17-26-20(16-29-17)8-11-24-22(23-2)25-14-18-9-12-27(13-10-18)15-19-4-6-21(28-3)7-5-19;/h4-7,16,18H,8-15H2,1-3H3,(H2,23,24,25);1H. The summed E-state index contributed by atoms with van der Waals surface area (Å²) in [5, 5.41) is 10.2. The van der Waals surface area contributed by atoms with E-state index in [0.717, 1.165) is 61.6 Å². The Morgan fingerprint density at radius 3 is 2.57 bits per heavy atom. The van der Waals surface area contributed by atoms with E-state index in [0.29, 0.717) is 5.92 Å². The van der Waals surface area contributed by atoms with E-state index < -0.39 is 0 Å². The van der Waals surface area contributed by atoms with Gasteiger partial charge >= 0.3 is 0 Å². The molecule has 1 aromatic heterocycles. The largest absolute Gasteiger partial charge is 0.497 e. The molecular weight excluding hydrogens is 509 g/mol. The monoisotopic (exact) mass is 543 g/mol. The van der Waals surface area contributed by atoms with Crippen molar-refractivity contribution in [3.63, 3.8) is 0 Å². The number of aryl methyl sites for hydroxylation is 1. The summed E-state index contributed by atoms with van der Waals surface area (Å²) in [6, 6.07) is 8.41. The van der Waals surface area contributed by atoms with Crippen LogP contribution in [-0.4, -0.2) is 56.2 Å². The van der Waals surface area contributed by atoms with Crippen LogP contribution in [0.25, 0.3) is 0 Å². The number of benzene rings is 1. The summed E-state index contributed by atoms with van der Waals surface area (Å²) in [5.74, 6) is 2.50. The van der Waals surface area contributed by atoms with Crippen LogP contribution in [0.4, 0.5) is 0 Å². The van der Waals surface area contributed by atoms with Crippen LogP contribution in [0.15, 0.2) is 34.6 Å². The number of halogens is 1. The summed E-state index contributed by atoms with van der Waals surface area (Å²) >= 11 is 1.71. The van der Waals surface area contributed by atoms with E-state index in [9.17, 15) is 0 Å². The van der Waals surface area contributed by atoms with Crippen LogP contribution in [-0.2, 0) is 13.0 Å². The van der Waals surface area contributed by atoms with Gasteiger partial charge in [-0.25, -0.2) is 4.98 Å². The molecule has 166 valence electrons. The first-order valence-electron chi connectivity index (χ1n) is 10.4. The fourth-order valence-corrected chi connectivity index (χ4v) is 4.28. The van der Waals surface area contributed by atoms with Crippen molar-refractivity contribution in [1.29, 1.82) is 0 Å². The lowest BCUT2D eigenvalue weighted by Crippen LogP contribution is -2.43. The van der Waals surface area contributed by atoms with Gasteiger partial charge in [-0.05, 0) is 56.5 Å². The molecular formula is C22H34IN5OS. The van der Waals surface area contributed by atoms with E-state index in [1.165, 1.54) is 18.4 Å². The second-order valence-electron chi connectivity index (χ2n) is 7.56. The van der Waals surface area contributed by atoms with Gasteiger partial charge in [0.1, 0.15) is 5.75 Å². The minimum atomic E-state index is 0. The maximum absolute atomic E-state index is 5.24. The summed E-state index contributed by atoms with van der Waals surface area (Å²) in [7, 11) is 3.54. The number of hydrogen-bond donors (Lipinski definition) is 2. The van der Waals surface area contributed by atoms with E-state index in [1.54, 1.807) is 18.4 Å². The van der Waals surface area contributed by atoms with Gasteiger partial charge in [0.2, 0.25) is 0 Å². The molecule has 2 heterocycles. The summed E-state index contributed by atoms with van der Waals surface area (Å²) in [4.78, 5) is 11.4. The lowest BCUT2D eigenvalue weighted by atomic mass is 9.96. The number of hydrogen-bond acceptors (Lipinski definition) is 5. The van der Waals surface area contributed by atoms with Crippen molar-refractivity contribution in [2.75, 3.05) is 40.3 Å². The van der Waals surface area contributed by atoms with Gasteiger partial charge in [0.25, 0.3) is 0 Å². The quantitative estimate of drug-likeness (QED) is 0.302. The van der Waals surface area contributed by atoms with Gasteiger partial charge < -0.3 is 15.4 Å². The molecule has 1 saturated heterocycles. The molecule has 0 unspecified atom stereocenters. The molecule has 0 radical (unpaired) electrons. The zero-order valence-electron chi connectivity index (χ0n) is 18.2. The number of likely N-dealkylation sites (tertiary alicyclic amines) is 1. The number of ether oxygens (including phenoxy) is 1. The number of nitrogens with one attached hydrogen (secondary N) is 2. The Labute approximate surface area is 201 Å². The predicted molar refractivity (Wildman–Crippen MR) is 136 cm³/mol. The van der Waals surface area contributed by atoms with Crippen LogP contribution in [0.3, 0.4) is 0 Å². The topological polar surface area (TPSA) is 61.8 Å². The number of aromatic nitrogens is 1. The molecule has 0 aliphatic carbocycles. The lowest BCUT2D eigenvalue weighted by molar-refractivity contribution is 0.178. The molecule has 1 aliphatic heterocycles. The third-order valence-electron chi connectivity index (χ3n) is 5.39. The number of methoxy groups -OCH3 is 1. The molecule has 1 fully saturated rings. The highest BCUT2D eigenvalue weighted by molar-refractivity contribution is 14.0. The Hall–Kier alpha value is -1.39. The highest BCUT2D eigenvalue weighted by Gasteiger charge is 2.19. The first-order valence-corrected chi connectivity index (χ1v) is 11.2. The van der Waals surface area contributed by atoms with Crippen molar-refractivity contribution in [2.24, 2.45) is 10.9 Å². The van der Waals surface area contributed by atoms with Gasteiger partial charge in [-0.1, -0.05) is 12.1 Å². The molecule has 1 aromatic carbocycles. The molecule has 2 aromatic rings. The highest BCUT2D eigenvalue weighted by Crippen LogP contribution is 2.19. The Morgan fingerprint density at radius 1 is 1.23 bits per heavy atom. The normalized spacial score (nSPS) is 15.5. The smallest absolute Gasteiger partial charge is 0.190 e. The fraction of sp³-hybridized carbons (Fsp3) is 0.545. The van der Waals surface area contributed by atoms with Crippen LogP contribution in [0.1, 0.15) is 29.1 Å². The molecule has 0 atom stereocenters. The fourth-order valence-electron chi connectivity index (χ4n) is 3.63. The summed E-state index contributed by atoms with van der Waals surface area (Å²) < 4.78 is 5.24. The Balaban J connectivity index is 0.00000320. The van der Waals surface area contributed by atoms with Crippen molar-refractivity contribution in [1.82, 2.24) is 20.5 Å². The van der Waals surface area contributed by atoms with Gasteiger partial charge in [-0.3, -0.25) is 9.89 Å². The third kappa shape index (κ3) is 8.03. The van der Waals surface area contributed by atoms with E-state index in [2.05, 4.69) is 43.0 Å². The zero-order valence-corrected chi connectivity index (χ0v) is 21.3.